The molecule has 13 heteroatoms. The van der Waals surface area contributed by atoms with E-state index in [0.717, 1.165) is 0 Å². The van der Waals surface area contributed by atoms with Crippen LogP contribution in [0.1, 0.15) is 22.8 Å². The number of aromatic nitrogens is 2. The number of aryl methyl sites for hydroxylation is 2. The summed E-state index contributed by atoms with van der Waals surface area (Å²) in [6.07, 6.45) is -0.970. The second-order valence-electron chi connectivity index (χ2n) is 4.85. The topological polar surface area (TPSA) is 162 Å². The number of benzene rings is 1. The van der Waals surface area contributed by atoms with Crippen molar-refractivity contribution in [3.8, 4) is 0 Å². The third-order valence-corrected chi connectivity index (χ3v) is 3.11. The number of hydrogen-bond donors (Lipinski definition) is 1. The van der Waals surface area contributed by atoms with Gasteiger partial charge in [-0.1, -0.05) is 12.1 Å². The maximum atomic E-state index is 11.9. The largest absolute Gasteiger partial charge is 1.00 e. The molecule has 0 fully saturated rings. The summed E-state index contributed by atoms with van der Waals surface area (Å²) in [7, 11) is 1.63. The van der Waals surface area contributed by atoms with Crippen LogP contribution >= 0.6 is 0 Å². The van der Waals surface area contributed by atoms with Crippen LogP contribution < -0.4 is 153 Å². The molecular weight excluding hydrogens is 614 g/mol. The average molecular weight is 630 g/mol. The van der Waals surface area contributed by atoms with Gasteiger partial charge in [0.25, 0.3) is 5.69 Å². The first kappa shape index (κ1) is 30.7. The summed E-state index contributed by atoms with van der Waals surface area (Å²) in [6, 6.07) is 4.93. The van der Waals surface area contributed by atoms with Crippen molar-refractivity contribution in [3.63, 3.8) is 0 Å². The number of anilines is 2. The maximum absolute atomic E-state index is 11.9. The summed E-state index contributed by atoms with van der Waals surface area (Å²) in [5, 5.41) is 34.8. The first-order valence-electron chi connectivity index (χ1n) is 7.27. The smallest absolute Gasteiger partial charge is 0.652 e. The first-order chi connectivity index (χ1) is 12.2. The van der Waals surface area contributed by atoms with Gasteiger partial charge in [-0.15, -0.1) is 0 Å². The molecule has 140 valence electrons. The molecule has 1 N–H and O–H groups in total. The van der Waals surface area contributed by atoms with Crippen LogP contribution in [0.3, 0.4) is 0 Å². The van der Waals surface area contributed by atoms with Crippen molar-refractivity contribution in [2.24, 2.45) is 7.05 Å². The molecule has 0 radical (unpaired) electrons. The average Bonchev–Trinajstić information content (AvgIpc) is 2.88. The number of carbonyl (C=O) groups is 2. The molecule has 0 aliphatic heterocycles. The van der Waals surface area contributed by atoms with E-state index < -0.39 is 17.0 Å². The summed E-state index contributed by atoms with van der Waals surface area (Å²) in [4.78, 5) is 31.0. The molecule has 0 spiro atoms. The molecule has 1 aromatic carbocycles. The Morgan fingerprint density at radius 1 is 1.29 bits per heavy atom. The minimum atomic E-state index is -2.33. The molecule has 0 saturated heterocycles. The first-order valence-corrected chi connectivity index (χ1v) is 7.27. The number of nitro benzene ring substituents is 1. The Bertz CT molecular complexity index is 823. The van der Waals surface area contributed by atoms with E-state index in [9.17, 15) is 14.9 Å². The maximum Gasteiger partial charge on any atom is 1.00 e. The molecule has 11 nitrogen and oxygen atoms in total. The van der Waals surface area contributed by atoms with E-state index in [-0.39, 0.29) is 156 Å². The van der Waals surface area contributed by atoms with Gasteiger partial charge in [0.15, 0.2) is 0 Å². The van der Waals surface area contributed by atoms with Crippen LogP contribution in [0.15, 0.2) is 24.4 Å². The van der Waals surface area contributed by atoms with E-state index in [4.69, 9.17) is 19.7 Å². The zero-order chi connectivity index (χ0) is 19.9. The van der Waals surface area contributed by atoms with Crippen molar-refractivity contribution in [2.45, 2.75) is 13.8 Å². The van der Waals surface area contributed by atoms with E-state index in [1.807, 2.05) is 0 Å². The van der Waals surface area contributed by atoms with Gasteiger partial charge in [-0.05, 0) is 26.1 Å². The van der Waals surface area contributed by atoms with Crippen LogP contribution in [0.4, 0.5) is 22.0 Å². The molecule has 0 atom stereocenters. The molecule has 2 aromatic rings. The number of hydrogen-bond acceptors (Lipinski definition) is 9. The standard InChI is InChI=1S/C14H16N4O4.CH2O3.2Cs/c1-4-22-14(19)10-8-15-17(3)13(10)16-11-7-5-6-9(2)12(11)18(20)21;2-1(3)4;;/h5-8,16H,4H2,1-3H3;(H2,2,3,4);;/q;;2*+1/p-2. The van der Waals surface area contributed by atoms with Crippen LogP contribution in [0.25, 0.3) is 0 Å². The van der Waals surface area contributed by atoms with Gasteiger partial charge in [0, 0.05) is 12.6 Å². The number of nitrogens with one attached hydrogen (secondary N) is 1. The molecule has 0 bridgehead atoms. The summed E-state index contributed by atoms with van der Waals surface area (Å²) in [5.74, 6) is -0.194. The van der Waals surface area contributed by atoms with Crippen LogP contribution in [0.5, 0.6) is 0 Å². The Labute approximate surface area is 278 Å². The van der Waals surface area contributed by atoms with Crippen LogP contribution in [-0.2, 0) is 11.8 Å². The zero-order valence-electron chi connectivity index (χ0n) is 16.2. The van der Waals surface area contributed by atoms with Gasteiger partial charge in [-0.25, -0.2) is 4.79 Å². The molecule has 1 heterocycles. The SMILES string of the molecule is CCOC(=O)c1cnn(C)c1Nc1cccc(C)c1[N+](=O)[O-].O=C([O-])[O-].[Cs+].[Cs+]. The zero-order valence-corrected chi connectivity index (χ0v) is 28.8. The number of nitrogens with zero attached hydrogens (tertiary/aromatic N) is 3. The van der Waals surface area contributed by atoms with Gasteiger partial charge >= 0.3 is 144 Å². The van der Waals surface area contributed by atoms with Gasteiger partial charge < -0.3 is 25.1 Å². The predicted octanol–water partition coefficient (Wildman–Crippen LogP) is -5.88. The summed E-state index contributed by atoms with van der Waals surface area (Å²) in [5.41, 5.74) is 0.993. The van der Waals surface area contributed by atoms with Gasteiger partial charge in [-0.3, -0.25) is 14.8 Å². The molecule has 0 aliphatic rings. The molecule has 2 rings (SSSR count). The van der Waals surface area contributed by atoms with Gasteiger partial charge in [0.05, 0.1) is 17.7 Å². The van der Waals surface area contributed by atoms with E-state index in [0.29, 0.717) is 17.1 Å². The minimum Gasteiger partial charge on any atom is -0.652 e. The van der Waals surface area contributed by atoms with Crippen LogP contribution in [0.2, 0.25) is 0 Å². The summed E-state index contributed by atoms with van der Waals surface area (Å²) < 4.78 is 6.38. The fourth-order valence-corrected chi connectivity index (χ4v) is 2.07. The Kier molecular flexibility index (Phi) is 16.8. The minimum absolute atomic E-state index is 0. The van der Waals surface area contributed by atoms with Crippen molar-refractivity contribution >= 4 is 29.3 Å². The molecule has 0 aliphatic carbocycles. The Balaban J connectivity index is 0. The fourth-order valence-electron chi connectivity index (χ4n) is 2.07. The van der Waals surface area contributed by atoms with Crippen molar-refractivity contribution in [2.75, 3.05) is 11.9 Å². The number of para-hydroxylation sites is 1. The van der Waals surface area contributed by atoms with Crippen LogP contribution in [0, 0.1) is 17.0 Å². The van der Waals surface area contributed by atoms with E-state index in [1.165, 1.54) is 10.9 Å². The molecule has 0 saturated carbocycles. The monoisotopic (exact) mass is 630 g/mol. The number of ether oxygens (including phenoxy) is 1. The molecular formula is C15H16Cs2N4O7. The Morgan fingerprint density at radius 2 is 1.86 bits per heavy atom. The number of rotatable bonds is 5. The quantitative estimate of drug-likeness (QED) is 0.193. The van der Waals surface area contributed by atoms with Gasteiger partial charge in [0.1, 0.15) is 17.1 Å². The van der Waals surface area contributed by atoms with Crippen molar-refractivity contribution < 1.29 is 167 Å². The number of nitro groups is 1. The van der Waals surface area contributed by atoms with E-state index in [2.05, 4.69) is 10.4 Å². The van der Waals surface area contributed by atoms with Gasteiger partial charge in [0.2, 0.25) is 0 Å². The normalized spacial score (nSPS) is 8.96. The van der Waals surface area contributed by atoms with Crippen LogP contribution in [-0.4, -0.2) is 33.4 Å². The van der Waals surface area contributed by atoms with Crippen molar-refractivity contribution in [3.05, 3.63) is 45.6 Å². The number of carboxylic acid groups (broad SMARTS) is 2. The second-order valence-corrected chi connectivity index (χ2v) is 4.85. The molecule has 1 aromatic heterocycles. The second kappa shape index (κ2) is 15.3. The Morgan fingerprint density at radius 3 is 2.36 bits per heavy atom. The fraction of sp³-hybridized carbons (Fsp3) is 0.267. The molecule has 28 heavy (non-hydrogen) atoms. The van der Waals surface area contributed by atoms with Crippen molar-refractivity contribution in [1.82, 2.24) is 9.78 Å². The summed E-state index contributed by atoms with van der Waals surface area (Å²) in [6.45, 7) is 3.59. The molecule has 0 amide bonds. The third-order valence-electron chi connectivity index (χ3n) is 3.11. The number of carbonyl (C=O) groups excluding carboxylic acids is 2. The van der Waals surface area contributed by atoms with E-state index in [1.54, 1.807) is 39.1 Å². The van der Waals surface area contributed by atoms with Crippen molar-refractivity contribution in [1.29, 1.82) is 0 Å². The number of esters is 1. The third kappa shape index (κ3) is 9.52. The van der Waals surface area contributed by atoms with E-state index >= 15 is 0 Å². The summed E-state index contributed by atoms with van der Waals surface area (Å²) >= 11 is 0. The predicted molar refractivity (Wildman–Crippen MR) is 85.7 cm³/mol. The van der Waals surface area contributed by atoms with Gasteiger partial charge in [-0.2, -0.15) is 5.10 Å². The Hall–Kier alpha value is 0.474. The molecule has 0 unspecified atom stereocenters.